The highest BCUT2D eigenvalue weighted by Gasteiger charge is 2.46. The van der Waals surface area contributed by atoms with Crippen molar-refractivity contribution in [2.45, 2.75) is 30.7 Å². The lowest BCUT2D eigenvalue weighted by Gasteiger charge is -2.47. The number of hydrogen-bond acceptors (Lipinski definition) is 1. The van der Waals surface area contributed by atoms with Gasteiger partial charge in [0.25, 0.3) is 0 Å². The summed E-state index contributed by atoms with van der Waals surface area (Å²) in [7, 11) is 0. The standard InChI is InChI=1S/C17H16BrF2N/c18-12-7-8-13(19)14(15(12)20)16(21)17(9-4-10-17)11-5-2-1-3-6-11/h1-3,5-8,16H,4,9-10,21H2. The molecule has 0 amide bonds. The third kappa shape index (κ3) is 2.30. The Hall–Kier alpha value is -1.26. The Kier molecular flexibility index (Phi) is 3.84. The fourth-order valence-electron chi connectivity index (χ4n) is 3.21. The van der Waals surface area contributed by atoms with E-state index in [4.69, 9.17) is 5.73 Å². The first kappa shape index (κ1) is 14.7. The molecular formula is C17H16BrF2N. The number of rotatable bonds is 3. The van der Waals surface area contributed by atoms with Gasteiger partial charge in [-0.2, -0.15) is 0 Å². The summed E-state index contributed by atoms with van der Waals surface area (Å²) >= 11 is 3.11. The smallest absolute Gasteiger partial charge is 0.145 e. The van der Waals surface area contributed by atoms with Crippen molar-refractivity contribution in [1.82, 2.24) is 0 Å². The topological polar surface area (TPSA) is 26.0 Å². The van der Waals surface area contributed by atoms with E-state index in [-0.39, 0.29) is 15.5 Å². The molecular weight excluding hydrogens is 336 g/mol. The number of benzene rings is 2. The van der Waals surface area contributed by atoms with Crippen LogP contribution in [0.5, 0.6) is 0 Å². The van der Waals surface area contributed by atoms with Gasteiger partial charge in [-0.05, 0) is 46.5 Å². The monoisotopic (exact) mass is 351 g/mol. The van der Waals surface area contributed by atoms with Gasteiger partial charge in [0.15, 0.2) is 0 Å². The summed E-state index contributed by atoms with van der Waals surface area (Å²) in [6.45, 7) is 0. The molecule has 1 nitrogen and oxygen atoms in total. The van der Waals surface area contributed by atoms with Crippen LogP contribution in [0.1, 0.15) is 36.4 Å². The van der Waals surface area contributed by atoms with Crippen molar-refractivity contribution < 1.29 is 8.78 Å². The zero-order chi connectivity index (χ0) is 15.0. The summed E-state index contributed by atoms with van der Waals surface area (Å²) in [6.07, 6.45) is 2.73. The molecule has 1 unspecified atom stereocenters. The van der Waals surface area contributed by atoms with Crippen LogP contribution in [-0.2, 0) is 5.41 Å². The minimum absolute atomic E-state index is 0.0204. The fourth-order valence-corrected chi connectivity index (χ4v) is 3.56. The van der Waals surface area contributed by atoms with Crippen molar-refractivity contribution in [2.75, 3.05) is 0 Å². The van der Waals surface area contributed by atoms with Crippen LogP contribution in [0.3, 0.4) is 0 Å². The van der Waals surface area contributed by atoms with Gasteiger partial charge in [-0.25, -0.2) is 8.78 Å². The first-order chi connectivity index (χ1) is 10.1. The first-order valence-electron chi connectivity index (χ1n) is 7.01. The van der Waals surface area contributed by atoms with E-state index in [1.807, 2.05) is 30.3 Å². The number of hydrogen-bond donors (Lipinski definition) is 1. The molecule has 21 heavy (non-hydrogen) atoms. The predicted octanol–water partition coefficient (Wildman–Crippen LogP) is 4.85. The number of halogens is 3. The maximum atomic E-state index is 14.4. The molecule has 4 heteroatoms. The van der Waals surface area contributed by atoms with Gasteiger partial charge >= 0.3 is 0 Å². The van der Waals surface area contributed by atoms with Crippen LogP contribution in [-0.4, -0.2) is 0 Å². The van der Waals surface area contributed by atoms with E-state index >= 15 is 0 Å². The van der Waals surface area contributed by atoms with Gasteiger partial charge < -0.3 is 5.73 Å². The lowest BCUT2D eigenvalue weighted by atomic mass is 9.59. The van der Waals surface area contributed by atoms with Crippen LogP contribution in [0.2, 0.25) is 0 Å². The quantitative estimate of drug-likeness (QED) is 0.786. The Balaban J connectivity index is 2.09. The average Bonchev–Trinajstić information content (AvgIpc) is 2.43. The maximum absolute atomic E-state index is 14.4. The van der Waals surface area contributed by atoms with Crippen molar-refractivity contribution in [1.29, 1.82) is 0 Å². The van der Waals surface area contributed by atoms with E-state index in [2.05, 4.69) is 15.9 Å². The van der Waals surface area contributed by atoms with Crippen molar-refractivity contribution in [2.24, 2.45) is 5.73 Å². The molecule has 1 saturated carbocycles. The SMILES string of the molecule is NC(c1c(F)ccc(Br)c1F)C1(c2ccccc2)CCC1. The molecule has 2 N–H and O–H groups in total. The van der Waals surface area contributed by atoms with Crippen molar-refractivity contribution in [3.8, 4) is 0 Å². The lowest BCUT2D eigenvalue weighted by Crippen LogP contribution is -2.45. The van der Waals surface area contributed by atoms with Crippen LogP contribution >= 0.6 is 15.9 Å². The molecule has 2 aromatic rings. The summed E-state index contributed by atoms with van der Waals surface area (Å²) in [5, 5.41) is 0. The second kappa shape index (κ2) is 5.50. The molecule has 0 spiro atoms. The highest BCUT2D eigenvalue weighted by atomic mass is 79.9. The van der Waals surface area contributed by atoms with Crippen molar-refractivity contribution >= 4 is 15.9 Å². The van der Waals surface area contributed by atoms with E-state index in [1.54, 1.807) is 0 Å². The molecule has 0 aromatic heterocycles. The summed E-state index contributed by atoms with van der Waals surface area (Å²) in [5.74, 6) is -1.17. The second-order valence-corrected chi connectivity index (χ2v) is 6.46. The fraction of sp³-hybridized carbons (Fsp3) is 0.294. The van der Waals surface area contributed by atoms with Crippen molar-refractivity contribution in [3.63, 3.8) is 0 Å². The maximum Gasteiger partial charge on any atom is 0.145 e. The Morgan fingerprint density at radius 3 is 2.29 bits per heavy atom. The van der Waals surface area contributed by atoms with Crippen LogP contribution < -0.4 is 5.73 Å². The third-order valence-electron chi connectivity index (χ3n) is 4.58. The van der Waals surface area contributed by atoms with Crippen LogP contribution in [0.25, 0.3) is 0 Å². The molecule has 1 fully saturated rings. The molecule has 0 bridgehead atoms. The van der Waals surface area contributed by atoms with Crippen LogP contribution in [0.4, 0.5) is 8.78 Å². The second-order valence-electron chi connectivity index (χ2n) is 5.61. The molecule has 1 aliphatic carbocycles. The van der Waals surface area contributed by atoms with Gasteiger partial charge in [0.05, 0.1) is 4.47 Å². The summed E-state index contributed by atoms with van der Waals surface area (Å²) in [5.41, 5.74) is 7.00. The van der Waals surface area contributed by atoms with Gasteiger partial charge in [-0.1, -0.05) is 36.8 Å². The molecule has 1 atom stereocenters. The normalized spacial score (nSPS) is 18.1. The Morgan fingerprint density at radius 1 is 1.05 bits per heavy atom. The average molecular weight is 352 g/mol. The Labute approximate surface area is 131 Å². The lowest BCUT2D eigenvalue weighted by molar-refractivity contribution is 0.190. The molecule has 2 aromatic carbocycles. The number of nitrogens with two attached hydrogens (primary N) is 1. The van der Waals surface area contributed by atoms with Gasteiger partial charge in [0, 0.05) is 17.0 Å². The molecule has 110 valence electrons. The summed E-state index contributed by atoms with van der Waals surface area (Å²) in [4.78, 5) is 0. The van der Waals surface area contributed by atoms with Gasteiger partial charge in [0.2, 0.25) is 0 Å². The molecule has 0 radical (unpaired) electrons. The minimum Gasteiger partial charge on any atom is -0.323 e. The predicted molar refractivity (Wildman–Crippen MR) is 83.0 cm³/mol. The van der Waals surface area contributed by atoms with Gasteiger partial charge in [-0.15, -0.1) is 0 Å². The largest absolute Gasteiger partial charge is 0.323 e. The zero-order valence-corrected chi connectivity index (χ0v) is 13.0. The van der Waals surface area contributed by atoms with Crippen LogP contribution in [0.15, 0.2) is 46.9 Å². The van der Waals surface area contributed by atoms with Gasteiger partial charge in [0.1, 0.15) is 11.6 Å². The molecule has 3 rings (SSSR count). The van der Waals surface area contributed by atoms with Gasteiger partial charge in [-0.3, -0.25) is 0 Å². The minimum atomic E-state index is -0.689. The molecule has 0 heterocycles. The van der Waals surface area contributed by atoms with E-state index in [0.29, 0.717) is 0 Å². The van der Waals surface area contributed by atoms with E-state index in [9.17, 15) is 8.78 Å². The molecule has 1 aliphatic rings. The zero-order valence-electron chi connectivity index (χ0n) is 11.5. The van der Waals surface area contributed by atoms with E-state index in [0.717, 1.165) is 24.8 Å². The summed E-state index contributed by atoms with van der Waals surface area (Å²) in [6, 6.07) is 11.7. The third-order valence-corrected chi connectivity index (χ3v) is 5.19. The Bertz CT molecular complexity index is 653. The molecule has 0 saturated heterocycles. The highest BCUT2D eigenvalue weighted by Crippen LogP contribution is 2.52. The Morgan fingerprint density at radius 2 is 1.71 bits per heavy atom. The van der Waals surface area contributed by atoms with E-state index < -0.39 is 17.7 Å². The first-order valence-corrected chi connectivity index (χ1v) is 7.80. The molecule has 0 aliphatic heterocycles. The van der Waals surface area contributed by atoms with E-state index in [1.165, 1.54) is 12.1 Å². The highest BCUT2D eigenvalue weighted by molar-refractivity contribution is 9.10. The van der Waals surface area contributed by atoms with Crippen LogP contribution in [0, 0.1) is 11.6 Å². The van der Waals surface area contributed by atoms with Crippen molar-refractivity contribution in [3.05, 3.63) is 69.7 Å². The summed E-state index contributed by atoms with van der Waals surface area (Å²) < 4.78 is 28.7.